The maximum atomic E-state index is 4.68. The lowest BCUT2D eigenvalue weighted by molar-refractivity contribution is 0.549. The number of anilines is 1. The van der Waals surface area contributed by atoms with Crippen molar-refractivity contribution < 1.29 is 0 Å². The Bertz CT molecular complexity index is 537. The number of hydrogen-bond donors (Lipinski definition) is 1. The first-order valence-electron chi connectivity index (χ1n) is 5.94. The first-order chi connectivity index (χ1) is 7.91. The third-order valence-corrected chi connectivity index (χ3v) is 3.48. The van der Waals surface area contributed by atoms with Gasteiger partial charge in [-0.05, 0) is 19.9 Å². The number of aryl methyl sites for hydroxylation is 1. The van der Waals surface area contributed by atoms with Crippen molar-refractivity contribution in [3.63, 3.8) is 0 Å². The molecule has 0 saturated heterocycles. The van der Waals surface area contributed by atoms with Gasteiger partial charge in [-0.15, -0.1) is 11.3 Å². The summed E-state index contributed by atoms with van der Waals surface area (Å²) >= 11 is 1.73. The monoisotopic (exact) mass is 249 g/mol. The summed E-state index contributed by atoms with van der Waals surface area (Å²) in [5, 5.41) is 4.47. The summed E-state index contributed by atoms with van der Waals surface area (Å²) in [6, 6.07) is 2.16. The van der Waals surface area contributed by atoms with Gasteiger partial charge in [0.1, 0.15) is 16.5 Å². The van der Waals surface area contributed by atoms with Gasteiger partial charge < -0.3 is 5.32 Å². The maximum Gasteiger partial charge on any atom is 0.138 e. The third kappa shape index (κ3) is 2.41. The smallest absolute Gasteiger partial charge is 0.138 e. The van der Waals surface area contributed by atoms with E-state index in [1.54, 1.807) is 11.3 Å². The number of nitrogens with one attached hydrogen (secondary N) is 1. The van der Waals surface area contributed by atoms with E-state index in [4.69, 9.17) is 0 Å². The molecule has 3 nitrogen and oxygen atoms in total. The van der Waals surface area contributed by atoms with Crippen molar-refractivity contribution in [1.82, 2.24) is 9.97 Å². The topological polar surface area (TPSA) is 37.8 Å². The molecular formula is C13H19N3S. The van der Waals surface area contributed by atoms with Gasteiger partial charge >= 0.3 is 0 Å². The molecule has 0 bridgehead atoms. The highest BCUT2D eigenvalue weighted by Crippen LogP contribution is 2.31. The van der Waals surface area contributed by atoms with Crippen LogP contribution in [-0.2, 0) is 5.41 Å². The van der Waals surface area contributed by atoms with Gasteiger partial charge in [-0.1, -0.05) is 20.8 Å². The molecule has 2 aromatic heterocycles. The van der Waals surface area contributed by atoms with Crippen molar-refractivity contribution in [3.05, 3.63) is 16.8 Å². The van der Waals surface area contributed by atoms with Crippen molar-refractivity contribution >= 4 is 27.4 Å². The van der Waals surface area contributed by atoms with Crippen LogP contribution in [0.2, 0.25) is 0 Å². The zero-order valence-electron chi connectivity index (χ0n) is 11.1. The standard InChI is InChI=1S/C13H19N3S/c1-6-14-10-9-7-8(2)17-11(9)16-12(15-10)13(3,4)5/h7H,6H2,1-5H3,(H,14,15,16). The highest BCUT2D eigenvalue weighted by atomic mass is 32.1. The number of aromatic nitrogens is 2. The molecule has 0 fully saturated rings. The van der Waals surface area contributed by atoms with E-state index in [2.05, 4.69) is 56.0 Å². The number of nitrogens with zero attached hydrogens (tertiary/aromatic N) is 2. The van der Waals surface area contributed by atoms with Gasteiger partial charge in [-0.2, -0.15) is 0 Å². The molecule has 0 aliphatic rings. The van der Waals surface area contributed by atoms with Crippen LogP contribution in [0.4, 0.5) is 5.82 Å². The van der Waals surface area contributed by atoms with Gasteiger partial charge in [0.05, 0.1) is 5.39 Å². The molecule has 0 aromatic carbocycles. The van der Waals surface area contributed by atoms with E-state index in [1.807, 2.05) is 0 Å². The van der Waals surface area contributed by atoms with Crippen LogP contribution in [0.3, 0.4) is 0 Å². The van der Waals surface area contributed by atoms with Crippen molar-refractivity contribution in [1.29, 1.82) is 0 Å². The normalized spacial score (nSPS) is 12.1. The maximum absolute atomic E-state index is 4.68. The highest BCUT2D eigenvalue weighted by Gasteiger charge is 2.20. The van der Waals surface area contributed by atoms with Gasteiger partial charge in [0, 0.05) is 16.8 Å². The molecule has 0 spiro atoms. The Hall–Kier alpha value is -1.16. The Kier molecular flexibility index (Phi) is 3.08. The zero-order valence-corrected chi connectivity index (χ0v) is 11.9. The fourth-order valence-electron chi connectivity index (χ4n) is 1.68. The molecule has 1 N–H and O–H groups in total. The van der Waals surface area contributed by atoms with E-state index in [9.17, 15) is 0 Å². The van der Waals surface area contributed by atoms with Crippen LogP contribution in [0.1, 0.15) is 38.4 Å². The highest BCUT2D eigenvalue weighted by molar-refractivity contribution is 7.18. The Morgan fingerprint density at radius 3 is 2.59 bits per heavy atom. The van der Waals surface area contributed by atoms with Crippen LogP contribution in [-0.4, -0.2) is 16.5 Å². The number of fused-ring (bicyclic) bond motifs is 1. The fraction of sp³-hybridized carbons (Fsp3) is 0.538. The fourth-order valence-corrected chi connectivity index (χ4v) is 2.56. The molecule has 17 heavy (non-hydrogen) atoms. The van der Waals surface area contributed by atoms with Crippen molar-refractivity contribution in [2.24, 2.45) is 0 Å². The van der Waals surface area contributed by atoms with Crippen LogP contribution in [0, 0.1) is 6.92 Å². The predicted molar refractivity (Wildman–Crippen MR) is 75.0 cm³/mol. The summed E-state index contributed by atoms with van der Waals surface area (Å²) < 4.78 is 0. The van der Waals surface area contributed by atoms with E-state index >= 15 is 0 Å². The minimum atomic E-state index is -0.0176. The molecule has 0 atom stereocenters. The summed E-state index contributed by atoms with van der Waals surface area (Å²) in [6.07, 6.45) is 0. The third-order valence-electron chi connectivity index (χ3n) is 2.53. The second-order valence-corrected chi connectivity index (χ2v) is 6.49. The van der Waals surface area contributed by atoms with E-state index in [0.29, 0.717) is 0 Å². The van der Waals surface area contributed by atoms with Gasteiger partial charge in [0.2, 0.25) is 0 Å². The Balaban J connectivity index is 2.66. The lowest BCUT2D eigenvalue weighted by Gasteiger charge is -2.17. The van der Waals surface area contributed by atoms with Gasteiger partial charge in [-0.3, -0.25) is 0 Å². The van der Waals surface area contributed by atoms with E-state index in [1.165, 1.54) is 4.88 Å². The van der Waals surface area contributed by atoms with Crippen molar-refractivity contribution in [2.45, 2.75) is 40.0 Å². The molecular weight excluding hydrogens is 230 g/mol. The zero-order chi connectivity index (χ0) is 12.6. The predicted octanol–water partition coefficient (Wildman–Crippen LogP) is 3.73. The molecule has 2 rings (SSSR count). The number of thiophene rings is 1. The summed E-state index contributed by atoms with van der Waals surface area (Å²) in [7, 11) is 0. The van der Waals surface area contributed by atoms with Gasteiger partial charge in [0.15, 0.2) is 0 Å². The second kappa shape index (κ2) is 4.26. The number of hydrogen-bond acceptors (Lipinski definition) is 4. The minimum absolute atomic E-state index is 0.0176. The van der Waals surface area contributed by atoms with Gasteiger partial charge in [-0.25, -0.2) is 9.97 Å². The summed E-state index contributed by atoms with van der Waals surface area (Å²) in [5.74, 6) is 1.87. The largest absolute Gasteiger partial charge is 0.370 e. The van der Waals surface area contributed by atoms with E-state index < -0.39 is 0 Å². The molecule has 92 valence electrons. The first-order valence-corrected chi connectivity index (χ1v) is 6.76. The number of rotatable bonds is 2. The molecule has 0 aliphatic heterocycles. The van der Waals surface area contributed by atoms with Crippen LogP contribution < -0.4 is 5.32 Å². The second-order valence-electron chi connectivity index (χ2n) is 5.25. The first kappa shape index (κ1) is 12.3. The van der Waals surface area contributed by atoms with E-state index in [-0.39, 0.29) is 5.41 Å². The van der Waals surface area contributed by atoms with Crippen molar-refractivity contribution in [3.8, 4) is 0 Å². The molecule has 0 unspecified atom stereocenters. The van der Waals surface area contributed by atoms with Crippen LogP contribution >= 0.6 is 11.3 Å². The summed E-state index contributed by atoms with van der Waals surface area (Å²) in [6.45, 7) is 11.5. The Labute approximate surface area is 106 Å². The lowest BCUT2D eigenvalue weighted by atomic mass is 9.96. The SMILES string of the molecule is CCNc1nc(C(C)(C)C)nc2sc(C)cc12. The molecule has 0 amide bonds. The summed E-state index contributed by atoms with van der Waals surface area (Å²) in [4.78, 5) is 11.7. The van der Waals surface area contributed by atoms with E-state index in [0.717, 1.165) is 28.4 Å². The average molecular weight is 249 g/mol. The molecule has 0 radical (unpaired) electrons. The Morgan fingerprint density at radius 2 is 2.00 bits per heavy atom. The van der Waals surface area contributed by atoms with Crippen LogP contribution in [0.15, 0.2) is 6.07 Å². The van der Waals surface area contributed by atoms with Crippen LogP contribution in [0.5, 0.6) is 0 Å². The summed E-state index contributed by atoms with van der Waals surface area (Å²) in [5.41, 5.74) is -0.0176. The van der Waals surface area contributed by atoms with Gasteiger partial charge in [0.25, 0.3) is 0 Å². The average Bonchev–Trinajstić information content (AvgIpc) is 2.57. The molecule has 4 heteroatoms. The minimum Gasteiger partial charge on any atom is -0.370 e. The Morgan fingerprint density at radius 1 is 1.29 bits per heavy atom. The molecule has 2 heterocycles. The quantitative estimate of drug-likeness (QED) is 0.881. The van der Waals surface area contributed by atoms with Crippen molar-refractivity contribution in [2.75, 3.05) is 11.9 Å². The molecule has 0 aliphatic carbocycles. The van der Waals surface area contributed by atoms with Crippen LogP contribution in [0.25, 0.3) is 10.2 Å². The molecule has 0 saturated carbocycles. The molecule has 2 aromatic rings. The lowest BCUT2D eigenvalue weighted by Crippen LogP contribution is -2.17.